The van der Waals surface area contributed by atoms with Gasteiger partial charge >= 0.3 is 0 Å². The van der Waals surface area contributed by atoms with E-state index in [-0.39, 0.29) is 0 Å². The Kier molecular flexibility index (Phi) is 6.87. The molecule has 0 aromatic carbocycles. The summed E-state index contributed by atoms with van der Waals surface area (Å²) in [5.41, 5.74) is 0. The zero-order valence-corrected chi connectivity index (χ0v) is 14.7. The van der Waals surface area contributed by atoms with E-state index < -0.39 is 0 Å². The summed E-state index contributed by atoms with van der Waals surface area (Å²) in [6.07, 6.45) is 9.17. The summed E-state index contributed by atoms with van der Waals surface area (Å²) in [6, 6.07) is 7.22. The van der Waals surface area contributed by atoms with Crippen LogP contribution in [-0.4, -0.2) is 66.4 Å². The number of aliphatic hydroxyl groups excluding tert-OH is 1. The molecular formula is C19H32N4O. The fourth-order valence-corrected chi connectivity index (χ4v) is 4.00. The molecule has 2 N–H and O–H groups in total. The van der Waals surface area contributed by atoms with Crippen LogP contribution in [0.1, 0.15) is 38.5 Å². The molecule has 24 heavy (non-hydrogen) atoms. The average Bonchev–Trinajstić information content (AvgIpc) is 3.10. The van der Waals surface area contributed by atoms with E-state index in [4.69, 9.17) is 0 Å². The fraction of sp³-hybridized carbons (Fsp3) is 0.737. The molecule has 1 aromatic rings. The largest absolute Gasteiger partial charge is 0.395 e. The van der Waals surface area contributed by atoms with Crippen molar-refractivity contribution in [1.82, 2.24) is 15.2 Å². The van der Waals surface area contributed by atoms with Crippen LogP contribution in [0.15, 0.2) is 24.4 Å². The van der Waals surface area contributed by atoms with E-state index in [9.17, 15) is 5.11 Å². The fourth-order valence-electron chi connectivity index (χ4n) is 4.00. The second kappa shape index (κ2) is 9.35. The van der Waals surface area contributed by atoms with Crippen molar-refractivity contribution >= 4 is 5.82 Å². The van der Waals surface area contributed by atoms with E-state index >= 15 is 0 Å². The van der Waals surface area contributed by atoms with Crippen LogP contribution >= 0.6 is 0 Å². The summed E-state index contributed by atoms with van der Waals surface area (Å²) in [6.45, 7) is 5.95. The Balaban J connectivity index is 1.26. The highest BCUT2D eigenvalue weighted by Crippen LogP contribution is 2.18. The van der Waals surface area contributed by atoms with Crippen LogP contribution in [0.2, 0.25) is 0 Å². The maximum atomic E-state index is 9.35. The number of hydrogen-bond donors (Lipinski definition) is 2. The molecule has 1 aromatic heterocycles. The third kappa shape index (κ3) is 4.91. The van der Waals surface area contributed by atoms with Gasteiger partial charge in [-0.15, -0.1) is 0 Å². The predicted molar refractivity (Wildman–Crippen MR) is 98.4 cm³/mol. The third-order valence-corrected chi connectivity index (χ3v) is 5.48. The molecule has 134 valence electrons. The van der Waals surface area contributed by atoms with Crippen molar-refractivity contribution in [3.8, 4) is 0 Å². The Hall–Kier alpha value is -1.17. The van der Waals surface area contributed by atoms with Crippen LogP contribution in [-0.2, 0) is 0 Å². The summed E-state index contributed by atoms with van der Waals surface area (Å²) in [4.78, 5) is 9.30. The molecule has 2 aliphatic rings. The lowest BCUT2D eigenvalue weighted by molar-refractivity contribution is 0.157. The monoisotopic (exact) mass is 332 g/mol. The summed E-state index contributed by atoms with van der Waals surface area (Å²) >= 11 is 0. The minimum absolute atomic E-state index is 0.326. The molecule has 1 atom stereocenters. The Morgan fingerprint density at radius 2 is 2.00 bits per heavy atom. The van der Waals surface area contributed by atoms with Crippen LogP contribution in [0.3, 0.4) is 0 Å². The standard InChI is InChI=1S/C19H32N4O/c24-16-18-6-5-13-22(18)12-4-3-10-20-17-8-14-23(15-9-17)19-7-1-2-11-21-19/h1-2,7,11,17-18,20,24H,3-6,8-10,12-16H2. The van der Waals surface area contributed by atoms with Gasteiger partial charge in [-0.3, -0.25) is 4.90 Å². The van der Waals surface area contributed by atoms with Crippen LogP contribution in [0.4, 0.5) is 5.82 Å². The van der Waals surface area contributed by atoms with Crippen molar-refractivity contribution < 1.29 is 5.11 Å². The molecule has 3 rings (SSSR count). The molecule has 0 amide bonds. The topological polar surface area (TPSA) is 51.6 Å². The first-order valence-corrected chi connectivity index (χ1v) is 9.61. The summed E-state index contributed by atoms with van der Waals surface area (Å²) in [7, 11) is 0. The lowest BCUT2D eigenvalue weighted by atomic mass is 10.0. The maximum absolute atomic E-state index is 9.35. The number of aliphatic hydroxyl groups is 1. The van der Waals surface area contributed by atoms with Crippen molar-refractivity contribution in [2.24, 2.45) is 0 Å². The highest BCUT2D eigenvalue weighted by Gasteiger charge is 2.23. The first-order chi connectivity index (χ1) is 11.9. The van der Waals surface area contributed by atoms with Crippen molar-refractivity contribution in [3.05, 3.63) is 24.4 Å². The minimum atomic E-state index is 0.326. The highest BCUT2D eigenvalue weighted by atomic mass is 16.3. The molecule has 5 nitrogen and oxygen atoms in total. The minimum Gasteiger partial charge on any atom is -0.395 e. The number of rotatable bonds is 8. The number of pyridine rings is 1. The molecule has 0 aliphatic carbocycles. The van der Waals surface area contributed by atoms with Gasteiger partial charge < -0.3 is 15.3 Å². The van der Waals surface area contributed by atoms with E-state index in [1.54, 1.807) is 0 Å². The van der Waals surface area contributed by atoms with Crippen LogP contribution in [0.5, 0.6) is 0 Å². The van der Waals surface area contributed by atoms with Gasteiger partial charge in [-0.1, -0.05) is 6.07 Å². The lowest BCUT2D eigenvalue weighted by Crippen LogP contribution is -2.43. The van der Waals surface area contributed by atoms with Gasteiger partial charge in [0.25, 0.3) is 0 Å². The first-order valence-electron chi connectivity index (χ1n) is 9.61. The van der Waals surface area contributed by atoms with Gasteiger partial charge in [0.05, 0.1) is 6.61 Å². The zero-order valence-electron chi connectivity index (χ0n) is 14.7. The van der Waals surface area contributed by atoms with Gasteiger partial charge in [0.1, 0.15) is 5.82 Å². The quantitative estimate of drug-likeness (QED) is 0.712. The number of aromatic nitrogens is 1. The van der Waals surface area contributed by atoms with Gasteiger partial charge in [0.15, 0.2) is 0 Å². The molecule has 2 aliphatic heterocycles. The molecule has 3 heterocycles. The first kappa shape index (κ1) is 17.6. The SMILES string of the molecule is OCC1CCCN1CCCCNC1CCN(c2ccccn2)CC1. The molecule has 0 radical (unpaired) electrons. The molecule has 0 saturated carbocycles. The van der Waals surface area contributed by atoms with E-state index in [1.165, 1.54) is 45.1 Å². The normalized spacial score (nSPS) is 23.0. The number of nitrogens with one attached hydrogen (secondary N) is 1. The number of anilines is 1. The smallest absolute Gasteiger partial charge is 0.128 e. The summed E-state index contributed by atoms with van der Waals surface area (Å²) < 4.78 is 0. The molecule has 5 heteroatoms. The highest BCUT2D eigenvalue weighted by molar-refractivity contribution is 5.38. The Morgan fingerprint density at radius 3 is 2.75 bits per heavy atom. The molecule has 0 bridgehead atoms. The van der Waals surface area contributed by atoms with Crippen molar-refractivity contribution in [3.63, 3.8) is 0 Å². The van der Waals surface area contributed by atoms with E-state index in [0.717, 1.165) is 32.0 Å². The number of nitrogens with zero attached hydrogens (tertiary/aromatic N) is 3. The average molecular weight is 332 g/mol. The molecular weight excluding hydrogens is 300 g/mol. The van der Waals surface area contributed by atoms with Crippen molar-refractivity contribution in [1.29, 1.82) is 0 Å². The summed E-state index contributed by atoms with van der Waals surface area (Å²) in [5, 5.41) is 13.1. The Labute approximate surface area is 146 Å². The number of hydrogen-bond acceptors (Lipinski definition) is 5. The maximum Gasteiger partial charge on any atom is 0.128 e. The van der Waals surface area contributed by atoms with Crippen molar-refractivity contribution in [2.45, 2.75) is 50.6 Å². The van der Waals surface area contributed by atoms with E-state index in [1.807, 2.05) is 12.3 Å². The van der Waals surface area contributed by atoms with E-state index in [2.05, 4.69) is 32.2 Å². The number of likely N-dealkylation sites (tertiary alicyclic amines) is 1. The lowest BCUT2D eigenvalue weighted by Gasteiger charge is -2.33. The predicted octanol–water partition coefficient (Wildman–Crippen LogP) is 1.88. The second-order valence-electron chi connectivity index (χ2n) is 7.13. The Bertz CT molecular complexity index is 462. The number of unbranched alkanes of at least 4 members (excludes halogenated alkanes) is 1. The van der Waals surface area contributed by atoms with Gasteiger partial charge in [-0.2, -0.15) is 0 Å². The second-order valence-corrected chi connectivity index (χ2v) is 7.13. The third-order valence-electron chi connectivity index (χ3n) is 5.48. The molecule has 2 fully saturated rings. The molecule has 2 saturated heterocycles. The van der Waals surface area contributed by atoms with Crippen molar-refractivity contribution in [2.75, 3.05) is 44.2 Å². The van der Waals surface area contributed by atoms with Crippen LogP contribution < -0.4 is 10.2 Å². The van der Waals surface area contributed by atoms with Gasteiger partial charge in [0, 0.05) is 31.4 Å². The van der Waals surface area contributed by atoms with Crippen LogP contribution in [0.25, 0.3) is 0 Å². The van der Waals surface area contributed by atoms with Gasteiger partial charge in [-0.25, -0.2) is 4.98 Å². The van der Waals surface area contributed by atoms with Crippen LogP contribution in [0, 0.1) is 0 Å². The van der Waals surface area contributed by atoms with Gasteiger partial charge in [0.2, 0.25) is 0 Å². The summed E-state index contributed by atoms with van der Waals surface area (Å²) in [5.74, 6) is 1.11. The van der Waals surface area contributed by atoms with Gasteiger partial charge in [-0.05, 0) is 70.3 Å². The number of piperidine rings is 1. The Morgan fingerprint density at radius 1 is 1.12 bits per heavy atom. The zero-order chi connectivity index (χ0) is 16.6. The van der Waals surface area contributed by atoms with E-state index in [0.29, 0.717) is 18.7 Å². The molecule has 0 spiro atoms. The molecule has 1 unspecified atom stereocenters.